The number of rotatable bonds is 5. The molecule has 0 aromatic heterocycles. The number of anilines is 1. The maximum atomic E-state index is 9.99. The summed E-state index contributed by atoms with van der Waals surface area (Å²) >= 11 is 0. The Morgan fingerprint density at radius 2 is 1.68 bits per heavy atom. The van der Waals surface area contributed by atoms with E-state index in [-0.39, 0.29) is 6.29 Å². The highest BCUT2D eigenvalue weighted by Crippen LogP contribution is 2.60. The molecule has 5 rings (SSSR count). The number of benzene rings is 2. The summed E-state index contributed by atoms with van der Waals surface area (Å²) in [7, 11) is 3.47. The average Bonchev–Trinajstić information content (AvgIpc) is 2.78. The molecule has 0 unspecified atom stereocenters. The molecule has 2 fully saturated rings. The highest BCUT2D eigenvalue weighted by Gasteiger charge is 2.47. The molecule has 0 radical (unpaired) electrons. The van der Waals surface area contributed by atoms with Gasteiger partial charge in [-0.25, -0.2) is 0 Å². The molecule has 2 aromatic carbocycles. The SMILES string of the molecule is COC(OC)C1CCN(c2ccc([C@H]3c4ccc(O)cc4CCC34CCC4)cc2)CC1. The molecule has 1 saturated heterocycles. The fourth-order valence-electron chi connectivity index (χ4n) is 6.44. The van der Waals surface area contributed by atoms with Crippen LogP contribution in [0.1, 0.15) is 61.1 Å². The molecule has 1 heterocycles. The van der Waals surface area contributed by atoms with Crippen molar-refractivity contribution < 1.29 is 14.6 Å². The zero-order valence-electron chi connectivity index (χ0n) is 18.8. The van der Waals surface area contributed by atoms with Crippen LogP contribution in [0.2, 0.25) is 0 Å². The van der Waals surface area contributed by atoms with E-state index >= 15 is 0 Å². The van der Waals surface area contributed by atoms with Gasteiger partial charge in [0.2, 0.25) is 0 Å². The number of piperidine rings is 1. The van der Waals surface area contributed by atoms with Crippen LogP contribution in [-0.4, -0.2) is 38.7 Å². The Bertz CT molecular complexity index is 893. The van der Waals surface area contributed by atoms with Gasteiger partial charge < -0.3 is 19.5 Å². The number of phenols is 1. The van der Waals surface area contributed by atoms with Gasteiger partial charge in [0.15, 0.2) is 6.29 Å². The van der Waals surface area contributed by atoms with Crippen LogP contribution in [-0.2, 0) is 15.9 Å². The molecule has 1 spiro atoms. The van der Waals surface area contributed by atoms with E-state index in [1.165, 1.54) is 48.1 Å². The summed E-state index contributed by atoms with van der Waals surface area (Å²) in [6.07, 6.45) is 8.43. The Hall–Kier alpha value is -2.04. The lowest BCUT2D eigenvalue weighted by Crippen LogP contribution is -2.40. The summed E-state index contributed by atoms with van der Waals surface area (Å²) in [4.78, 5) is 2.49. The number of methoxy groups -OCH3 is 2. The fraction of sp³-hybridized carbons (Fsp3) is 0.556. The van der Waals surface area contributed by atoms with Crippen molar-refractivity contribution in [2.24, 2.45) is 11.3 Å². The largest absolute Gasteiger partial charge is 0.508 e. The molecule has 2 aliphatic carbocycles. The minimum absolute atomic E-state index is 0.0889. The van der Waals surface area contributed by atoms with Crippen LogP contribution in [0, 0.1) is 11.3 Å². The van der Waals surface area contributed by atoms with E-state index in [9.17, 15) is 5.11 Å². The molecule has 4 heteroatoms. The van der Waals surface area contributed by atoms with Crippen LogP contribution >= 0.6 is 0 Å². The molecule has 1 N–H and O–H groups in total. The van der Waals surface area contributed by atoms with Gasteiger partial charge in [-0.05, 0) is 84.9 Å². The molecule has 0 bridgehead atoms. The van der Waals surface area contributed by atoms with E-state index < -0.39 is 0 Å². The summed E-state index contributed by atoms with van der Waals surface area (Å²) in [6, 6.07) is 15.4. The quantitative estimate of drug-likeness (QED) is 0.650. The normalized spacial score (nSPS) is 23.1. The van der Waals surface area contributed by atoms with Crippen LogP contribution in [0.25, 0.3) is 0 Å². The number of aryl methyl sites for hydroxylation is 1. The van der Waals surface area contributed by atoms with Crippen molar-refractivity contribution in [3.8, 4) is 5.75 Å². The van der Waals surface area contributed by atoms with Gasteiger partial charge in [0, 0.05) is 44.8 Å². The van der Waals surface area contributed by atoms with Gasteiger partial charge in [0.05, 0.1) is 0 Å². The lowest BCUT2D eigenvalue weighted by atomic mass is 9.52. The van der Waals surface area contributed by atoms with Gasteiger partial charge in [-0.15, -0.1) is 0 Å². The van der Waals surface area contributed by atoms with Crippen molar-refractivity contribution in [1.82, 2.24) is 0 Å². The summed E-state index contributed by atoms with van der Waals surface area (Å²) in [5.74, 6) is 1.32. The average molecular weight is 422 g/mol. The molecule has 4 nitrogen and oxygen atoms in total. The second-order valence-corrected chi connectivity index (χ2v) is 9.79. The number of phenolic OH excluding ortho intramolecular Hbond substituents is 1. The van der Waals surface area contributed by atoms with Gasteiger partial charge in [-0.1, -0.05) is 24.6 Å². The number of nitrogens with zero attached hydrogens (tertiary/aromatic N) is 1. The number of hydrogen-bond donors (Lipinski definition) is 1. The van der Waals surface area contributed by atoms with Crippen molar-refractivity contribution in [2.75, 3.05) is 32.2 Å². The fourth-order valence-corrected chi connectivity index (χ4v) is 6.44. The lowest BCUT2D eigenvalue weighted by molar-refractivity contribution is -0.141. The molecule has 1 saturated carbocycles. The Labute approximate surface area is 186 Å². The second kappa shape index (κ2) is 8.48. The molecule has 1 aliphatic heterocycles. The van der Waals surface area contributed by atoms with Crippen LogP contribution in [0.4, 0.5) is 5.69 Å². The summed E-state index contributed by atoms with van der Waals surface area (Å²) in [5, 5.41) is 9.99. The molecular formula is C27H35NO3. The number of fused-ring (bicyclic) bond motifs is 1. The van der Waals surface area contributed by atoms with Crippen LogP contribution in [0.3, 0.4) is 0 Å². The minimum Gasteiger partial charge on any atom is -0.508 e. The van der Waals surface area contributed by atoms with E-state index in [2.05, 4.69) is 35.2 Å². The van der Waals surface area contributed by atoms with Gasteiger partial charge in [-0.2, -0.15) is 0 Å². The van der Waals surface area contributed by atoms with Crippen LogP contribution in [0.15, 0.2) is 42.5 Å². The standard InChI is InChI=1S/C27H35NO3/c1-30-26(31-2)20-11-16-28(17-12-20)22-6-4-19(5-7-22)25-24-9-8-23(29)18-21(24)10-15-27(25)13-3-14-27/h4-9,18,20,25-26,29H,3,10-17H2,1-2H3/t25-/m0/s1. The Kier molecular flexibility index (Phi) is 5.70. The van der Waals surface area contributed by atoms with E-state index in [0.717, 1.165) is 32.4 Å². The Morgan fingerprint density at radius 3 is 2.29 bits per heavy atom. The van der Waals surface area contributed by atoms with Crippen LogP contribution in [0.5, 0.6) is 5.75 Å². The van der Waals surface area contributed by atoms with Crippen molar-refractivity contribution in [1.29, 1.82) is 0 Å². The van der Waals surface area contributed by atoms with Gasteiger partial charge in [0.25, 0.3) is 0 Å². The molecular weight excluding hydrogens is 386 g/mol. The van der Waals surface area contributed by atoms with Gasteiger partial charge in [-0.3, -0.25) is 0 Å². The second-order valence-electron chi connectivity index (χ2n) is 9.79. The van der Waals surface area contributed by atoms with E-state index in [1.54, 1.807) is 14.2 Å². The summed E-state index contributed by atoms with van der Waals surface area (Å²) in [5.41, 5.74) is 5.93. The Balaban J connectivity index is 1.35. The third-order valence-electron chi connectivity index (χ3n) is 8.27. The third-order valence-corrected chi connectivity index (χ3v) is 8.27. The zero-order valence-corrected chi connectivity index (χ0v) is 18.8. The summed E-state index contributed by atoms with van der Waals surface area (Å²) < 4.78 is 11.0. The third kappa shape index (κ3) is 3.74. The highest BCUT2D eigenvalue weighted by molar-refractivity contribution is 5.52. The molecule has 0 amide bonds. The first-order valence-corrected chi connectivity index (χ1v) is 11.9. The minimum atomic E-state index is -0.0889. The number of hydrogen-bond acceptors (Lipinski definition) is 4. The monoisotopic (exact) mass is 421 g/mol. The molecule has 166 valence electrons. The van der Waals surface area contributed by atoms with E-state index in [1.807, 2.05) is 12.1 Å². The maximum Gasteiger partial charge on any atom is 0.159 e. The zero-order chi connectivity index (χ0) is 21.4. The summed E-state index contributed by atoms with van der Waals surface area (Å²) in [6.45, 7) is 2.09. The predicted octanol–water partition coefficient (Wildman–Crippen LogP) is 5.48. The van der Waals surface area contributed by atoms with Crippen molar-refractivity contribution >= 4 is 5.69 Å². The van der Waals surface area contributed by atoms with Crippen molar-refractivity contribution in [2.45, 2.75) is 57.2 Å². The maximum absolute atomic E-state index is 9.99. The van der Waals surface area contributed by atoms with Crippen LogP contribution < -0.4 is 4.90 Å². The molecule has 2 aromatic rings. The molecule has 3 aliphatic rings. The lowest BCUT2D eigenvalue weighted by Gasteiger charge is -2.52. The molecule has 31 heavy (non-hydrogen) atoms. The predicted molar refractivity (Wildman–Crippen MR) is 124 cm³/mol. The molecule has 1 atom stereocenters. The van der Waals surface area contributed by atoms with E-state index in [4.69, 9.17) is 9.47 Å². The smallest absolute Gasteiger partial charge is 0.159 e. The van der Waals surface area contributed by atoms with Crippen molar-refractivity contribution in [3.63, 3.8) is 0 Å². The Morgan fingerprint density at radius 1 is 0.968 bits per heavy atom. The van der Waals surface area contributed by atoms with Gasteiger partial charge >= 0.3 is 0 Å². The number of ether oxygens (including phenoxy) is 2. The first-order valence-electron chi connectivity index (χ1n) is 11.9. The first kappa shape index (κ1) is 20.8. The first-order chi connectivity index (χ1) is 15.1. The van der Waals surface area contributed by atoms with Crippen molar-refractivity contribution in [3.05, 3.63) is 59.2 Å². The van der Waals surface area contributed by atoms with Gasteiger partial charge in [0.1, 0.15) is 5.75 Å². The van der Waals surface area contributed by atoms with E-state index in [0.29, 0.717) is 23.0 Å². The topological polar surface area (TPSA) is 41.9 Å². The highest BCUT2D eigenvalue weighted by atomic mass is 16.7. The number of aromatic hydroxyl groups is 1.